The van der Waals surface area contributed by atoms with Gasteiger partial charge in [-0.15, -0.1) is 0 Å². The van der Waals surface area contributed by atoms with Crippen molar-refractivity contribution in [2.24, 2.45) is 7.05 Å². The third kappa shape index (κ3) is 4.50. The number of carbonyl (C=O) groups is 1. The molecule has 0 saturated heterocycles. The van der Waals surface area contributed by atoms with Gasteiger partial charge in [-0.05, 0) is 47.9 Å². The summed E-state index contributed by atoms with van der Waals surface area (Å²) in [5, 5.41) is 12.0. The molecule has 2 N–H and O–H groups in total. The van der Waals surface area contributed by atoms with E-state index in [4.69, 9.17) is 0 Å². The number of alkyl halides is 3. The Morgan fingerprint density at radius 2 is 1.81 bits per heavy atom. The summed E-state index contributed by atoms with van der Waals surface area (Å²) < 4.78 is 41.1. The molecule has 0 atom stereocenters. The number of aromatic nitrogens is 4. The SMILES string of the molecule is Cn1ncc2cc(Nc3cccc4ccn(CC(=O)Nc5ccc(C(F)(F)F)nc5)c(=O)c34)ccc21. The summed E-state index contributed by atoms with van der Waals surface area (Å²) in [4.78, 5) is 29.1. The maximum absolute atomic E-state index is 13.3. The highest BCUT2D eigenvalue weighted by atomic mass is 19.4. The van der Waals surface area contributed by atoms with Crippen molar-refractivity contribution < 1.29 is 18.0 Å². The quantitative estimate of drug-likeness (QED) is 0.372. The largest absolute Gasteiger partial charge is 0.433 e. The predicted octanol–water partition coefficient (Wildman–Crippen LogP) is 4.68. The first-order valence-electron chi connectivity index (χ1n) is 10.8. The molecule has 2 aromatic carbocycles. The van der Waals surface area contributed by atoms with Gasteiger partial charge in [-0.25, -0.2) is 4.98 Å². The van der Waals surface area contributed by atoms with Crippen LogP contribution in [-0.4, -0.2) is 25.2 Å². The van der Waals surface area contributed by atoms with Crippen LogP contribution in [-0.2, 0) is 24.6 Å². The van der Waals surface area contributed by atoms with Gasteiger partial charge in [0.15, 0.2) is 0 Å². The van der Waals surface area contributed by atoms with Crippen LogP contribution in [0.4, 0.5) is 30.2 Å². The summed E-state index contributed by atoms with van der Waals surface area (Å²) in [6.07, 6.45) is -0.399. The number of carbonyl (C=O) groups excluding carboxylic acids is 1. The van der Waals surface area contributed by atoms with Crippen LogP contribution < -0.4 is 16.2 Å². The fraction of sp³-hybridized carbons (Fsp3) is 0.120. The van der Waals surface area contributed by atoms with Crippen LogP contribution in [0.3, 0.4) is 0 Å². The number of fused-ring (bicyclic) bond motifs is 2. The Morgan fingerprint density at radius 3 is 2.56 bits per heavy atom. The van der Waals surface area contributed by atoms with E-state index in [0.717, 1.165) is 34.9 Å². The molecule has 182 valence electrons. The molecule has 5 rings (SSSR count). The van der Waals surface area contributed by atoms with E-state index in [-0.39, 0.29) is 12.2 Å². The van der Waals surface area contributed by atoms with E-state index in [0.29, 0.717) is 16.5 Å². The molecule has 0 aliphatic rings. The fourth-order valence-electron chi connectivity index (χ4n) is 3.95. The predicted molar refractivity (Wildman–Crippen MR) is 130 cm³/mol. The Labute approximate surface area is 202 Å². The molecule has 1 amide bonds. The second kappa shape index (κ2) is 8.84. The monoisotopic (exact) mass is 492 g/mol. The third-order valence-electron chi connectivity index (χ3n) is 5.68. The molecule has 0 unspecified atom stereocenters. The molecular formula is C25H19F3N6O2. The van der Waals surface area contributed by atoms with Gasteiger partial charge in [0.05, 0.1) is 34.7 Å². The van der Waals surface area contributed by atoms with Gasteiger partial charge in [-0.3, -0.25) is 14.3 Å². The van der Waals surface area contributed by atoms with Gasteiger partial charge in [-0.2, -0.15) is 18.3 Å². The molecule has 0 spiro atoms. The summed E-state index contributed by atoms with van der Waals surface area (Å²) in [5.41, 5.74) is 0.950. The number of nitrogens with one attached hydrogen (secondary N) is 2. The number of hydrogen-bond donors (Lipinski definition) is 2. The Kier molecular flexibility index (Phi) is 5.67. The van der Waals surface area contributed by atoms with Crippen molar-refractivity contribution in [3.63, 3.8) is 0 Å². The van der Waals surface area contributed by atoms with Gasteiger partial charge in [0.2, 0.25) is 5.91 Å². The summed E-state index contributed by atoms with van der Waals surface area (Å²) in [6.45, 7) is -0.328. The molecule has 0 saturated carbocycles. The third-order valence-corrected chi connectivity index (χ3v) is 5.68. The maximum Gasteiger partial charge on any atom is 0.433 e. The molecule has 36 heavy (non-hydrogen) atoms. The Morgan fingerprint density at radius 1 is 1.00 bits per heavy atom. The van der Waals surface area contributed by atoms with Gasteiger partial charge in [0.25, 0.3) is 5.56 Å². The van der Waals surface area contributed by atoms with Gasteiger partial charge < -0.3 is 15.2 Å². The zero-order valence-electron chi connectivity index (χ0n) is 18.9. The van der Waals surface area contributed by atoms with Gasteiger partial charge in [-0.1, -0.05) is 12.1 Å². The number of halogens is 3. The second-order valence-corrected chi connectivity index (χ2v) is 8.16. The second-order valence-electron chi connectivity index (χ2n) is 8.16. The molecule has 0 radical (unpaired) electrons. The van der Waals surface area contributed by atoms with E-state index >= 15 is 0 Å². The first-order chi connectivity index (χ1) is 17.2. The lowest BCUT2D eigenvalue weighted by molar-refractivity contribution is -0.141. The van der Waals surface area contributed by atoms with E-state index in [1.165, 1.54) is 10.8 Å². The number of nitrogens with zero attached hydrogens (tertiary/aromatic N) is 4. The number of benzene rings is 2. The van der Waals surface area contributed by atoms with Gasteiger partial charge in [0, 0.05) is 24.3 Å². The number of amides is 1. The van der Waals surface area contributed by atoms with Crippen LogP contribution in [0.2, 0.25) is 0 Å². The number of aryl methyl sites for hydroxylation is 1. The number of anilines is 3. The highest BCUT2D eigenvalue weighted by Gasteiger charge is 2.32. The highest BCUT2D eigenvalue weighted by Crippen LogP contribution is 2.28. The number of rotatable bonds is 5. The van der Waals surface area contributed by atoms with Crippen molar-refractivity contribution in [2.75, 3.05) is 10.6 Å². The zero-order valence-corrected chi connectivity index (χ0v) is 18.9. The van der Waals surface area contributed by atoms with E-state index in [9.17, 15) is 22.8 Å². The van der Waals surface area contributed by atoms with Crippen LogP contribution in [0.5, 0.6) is 0 Å². The van der Waals surface area contributed by atoms with E-state index in [2.05, 4.69) is 20.7 Å². The zero-order chi connectivity index (χ0) is 25.4. The molecule has 5 aromatic rings. The van der Waals surface area contributed by atoms with Crippen LogP contribution >= 0.6 is 0 Å². The molecule has 3 aromatic heterocycles. The lowest BCUT2D eigenvalue weighted by Crippen LogP contribution is -2.27. The van der Waals surface area contributed by atoms with Gasteiger partial charge in [0.1, 0.15) is 12.2 Å². The smallest absolute Gasteiger partial charge is 0.355 e. The summed E-state index contributed by atoms with van der Waals surface area (Å²) in [5.74, 6) is -0.578. The van der Waals surface area contributed by atoms with E-state index in [1.807, 2.05) is 31.3 Å². The normalized spacial score (nSPS) is 11.7. The van der Waals surface area contributed by atoms with Crippen molar-refractivity contribution >= 4 is 44.6 Å². The van der Waals surface area contributed by atoms with Crippen LogP contribution in [0.1, 0.15) is 5.69 Å². The molecular weight excluding hydrogens is 473 g/mol. The van der Waals surface area contributed by atoms with Crippen LogP contribution in [0, 0.1) is 0 Å². The lowest BCUT2D eigenvalue weighted by atomic mass is 10.1. The fourth-order valence-corrected chi connectivity index (χ4v) is 3.95. The van der Waals surface area contributed by atoms with Crippen molar-refractivity contribution in [3.8, 4) is 0 Å². The summed E-state index contributed by atoms with van der Waals surface area (Å²) in [7, 11) is 1.85. The van der Waals surface area contributed by atoms with Gasteiger partial charge >= 0.3 is 6.18 Å². The number of hydrogen-bond acceptors (Lipinski definition) is 5. The molecule has 8 nitrogen and oxygen atoms in total. The Hall–Kier alpha value is -4.67. The standard InChI is InChI=1S/C25H19F3N6O2/c1-33-20-7-5-17(11-16(20)12-30-33)31-19-4-2-3-15-9-10-34(24(36)23(15)19)14-22(35)32-18-6-8-21(29-13-18)25(26,27)28/h2-13,31H,14H2,1H3,(H,32,35). The van der Waals surface area contributed by atoms with Crippen molar-refractivity contribution in [1.29, 1.82) is 0 Å². The Bertz CT molecular complexity index is 1660. The minimum atomic E-state index is -4.57. The van der Waals surface area contributed by atoms with Crippen LogP contribution in [0.15, 0.2) is 78.0 Å². The molecule has 0 aliphatic heterocycles. The number of pyridine rings is 2. The van der Waals surface area contributed by atoms with Crippen molar-refractivity contribution in [1.82, 2.24) is 19.3 Å². The minimum Gasteiger partial charge on any atom is -0.355 e. The summed E-state index contributed by atoms with van der Waals surface area (Å²) in [6, 6.07) is 14.7. The maximum atomic E-state index is 13.3. The van der Waals surface area contributed by atoms with Crippen molar-refractivity contribution in [3.05, 3.63) is 89.2 Å². The van der Waals surface area contributed by atoms with Crippen molar-refractivity contribution in [2.45, 2.75) is 12.7 Å². The highest BCUT2D eigenvalue weighted by molar-refractivity contribution is 5.96. The molecule has 3 heterocycles. The molecule has 0 fully saturated rings. The molecule has 11 heteroatoms. The van der Waals surface area contributed by atoms with Crippen LogP contribution in [0.25, 0.3) is 21.7 Å². The topological polar surface area (TPSA) is 93.8 Å². The Balaban J connectivity index is 1.39. The first-order valence-corrected chi connectivity index (χ1v) is 10.8. The molecule has 0 aliphatic carbocycles. The average Bonchev–Trinajstić information content (AvgIpc) is 3.20. The minimum absolute atomic E-state index is 0.0926. The average molecular weight is 492 g/mol. The summed E-state index contributed by atoms with van der Waals surface area (Å²) >= 11 is 0. The van der Waals surface area contributed by atoms with E-state index < -0.39 is 23.3 Å². The van der Waals surface area contributed by atoms with E-state index in [1.54, 1.807) is 29.1 Å². The first kappa shape index (κ1) is 23.1. The lowest BCUT2D eigenvalue weighted by Gasteiger charge is -2.13. The molecule has 0 bridgehead atoms.